The van der Waals surface area contributed by atoms with E-state index in [1.807, 2.05) is 46.2 Å². The summed E-state index contributed by atoms with van der Waals surface area (Å²) in [6, 6.07) is 11.5. The largest absolute Gasteiger partial charge is 0.368 e. The van der Waals surface area contributed by atoms with Gasteiger partial charge in [-0.15, -0.1) is 0 Å². The van der Waals surface area contributed by atoms with Gasteiger partial charge >= 0.3 is 0 Å². The van der Waals surface area contributed by atoms with Gasteiger partial charge in [0.25, 0.3) is 11.8 Å². The van der Waals surface area contributed by atoms with E-state index in [0.717, 1.165) is 24.0 Å². The predicted molar refractivity (Wildman–Crippen MR) is 101 cm³/mol. The van der Waals surface area contributed by atoms with Gasteiger partial charge in [-0.2, -0.15) is 0 Å². The Balaban J connectivity index is 1.36. The molecule has 2 aliphatic heterocycles. The average Bonchev–Trinajstić information content (AvgIpc) is 3.28. The number of carbonyl (C=O) groups excluding carboxylic acids is 2. The number of rotatable bonds is 3. The molecule has 1 atom stereocenters. The highest BCUT2D eigenvalue weighted by Gasteiger charge is 2.31. The molecule has 3 heterocycles. The molecule has 1 aromatic carbocycles. The summed E-state index contributed by atoms with van der Waals surface area (Å²) < 4.78 is 5.48. The van der Waals surface area contributed by atoms with Crippen LogP contribution >= 0.6 is 0 Å². The summed E-state index contributed by atoms with van der Waals surface area (Å²) in [6.07, 6.45) is 5.02. The van der Waals surface area contributed by atoms with Crippen LogP contribution in [0.1, 0.15) is 23.2 Å². The van der Waals surface area contributed by atoms with E-state index in [4.69, 9.17) is 4.74 Å². The molecule has 0 spiro atoms. The predicted octanol–water partition coefficient (Wildman–Crippen LogP) is 2.21. The minimum Gasteiger partial charge on any atom is -0.368 e. The number of benzene rings is 1. The van der Waals surface area contributed by atoms with E-state index in [2.05, 4.69) is 4.98 Å². The number of ether oxygens (including phenoxy) is 1. The Morgan fingerprint density at radius 1 is 0.963 bits per heavy atom. The normalized spacial score (nSPS) is 19.9. The Kier molecular flexibility index (Phi) is 5.16. The third-order valence-electron chi connectivity index (χ3n) is 5.21. The van der Waals surface area contributed by atoms with Gasteiger partial charge in [0, 0.05) is 50.7 Å². The quantitative estimate of drug-likeness (QED) is 0.837. The number of pyridine rings is 1. The van der Waals surface area contributed by atoms with Crippen LogP contribution < -0.4 is 0 Å². The van der Waals surface area contributed by atoms with E-state index in [0.29, 0.717) is 38.3 Å². The van der Waals surface area contributed by atoms with Gasteiger partial charge in [-0.25, -0.2) is 0 Å². The molecule has 6 heteroatoms. The van der Waals surface area contributed by atoms with Gasteiger partial charge in [-0.05, 0) is 42.2 Å². The van der Waals surface area contributed by atoms with Crippen molar-refractivity contribution >= 4 is 11.8 Å². The molecule has 4 rings (SSSR count). The lowest BCUT2D eigenvalue weighted by Crippen LogP contribution is -2.52. The standard InChI is InChI=1S/C21H23N3O3/c25-20(17-7-5-16(6-8-17)18-3-1-9-22-15-18)23-10-12-24(13-11-23)21(26)19-4-2-14-27-19/h1,3,5-9,15,19H,2,4,10-14H2/t19-/m0/s1. The fourth-order valence-corrected chi connectivity index (χ4v) is 3.63. The van der Waals surface area contributed by atoms with Crippen molar-refractivity contribution in [1.82, 2.24) is 14.8 Å². The van der Waals surface area contributed by atoms with E-state index in [1.54, 1.807) is 12.4 Å². The molecule has 0 bridgehead atoms. The molecule has 0 radical (unpaired) electrons. The van der Waals surface area contributed by atoms with Crippen molar-refractivity contribution in [1.29, 1.82) is 0 Å². The monoisotopic (exact) mass is 365 g/mol. The maximum absolute atomic E-state index is 12.8. The summed E-state index contributed by atoms with van der Waals surface area (Å²) in [4.78, 5) is 32.9. The molecule has 0 N–H and O–H groups in total. The summed E-state index contributed by atoms with van der Waals surface area (Å²) in [5, 5.41) is 0. The molecule has 1 aromatic heterocycles. The van der Waals surface area contributed by atoms with Crippen LogP contribution in [-0.4, -0.2) is 65.5 Å². The van der Waals surface area contributed by atoms with Crippen molar-refractivity contribution in [2.75, 3.05) is 32.8 Å². The van der Waals surface area contributed by atoms with Crippen LogP contribution in [0.4, 0.5) is 0 Å². The molecule has 2 amide bonds. The second kappa shape index (κ2) is 7.88. The van der Waals surface area contributed by atoms with Crippen molar-refractivity contribution in [3.05, 3.63) is 54.4 Å². The first-order chi connectivity index (χ1) is 13.2. The summed E-state index contributed by atoms with van der Waals surface area (Å²) in [5.74, 6) is 0.0809. The highest BCUT2D eigenvalue weighted by molar-refractivity contribution is 5.95. The maximum atomic E-state index is 12.8. The van der Waals surface area contributed by atoms with Gasteiger partial charge in [0.05, 0.1) is 0 Å². The fourth-order valence-electron chi connectivity index (χ4n) is 3.63. The Morgan fingerprint density at radius 2 is 1.70 bits per heavy atom. The molecule has 0 saturated carbocycles. The molecule has 2 aliphatic rings. The van der Waals surface area contributed by atoms with Gasteiger partial charge < -0.3 is 14.5 Å². The van der Waals surface area contributed by atoms with Crippen molar-refractivity contribution < 1.29 is 14.3 Å². The van der Waals surface area contributed by atoms with E-state index < -0.39 is 0 Å². The van der Waals surface area contributed by atoms with Crippen molar-refractivity contribution in [2.24, 2.45) is 0 Å². The third kappa shape index (κ3) is 3.85. The van der Waals surface area contributed by atoms with Gasteiger partial charge in [-0.3, -0.25) is 14.6 Å². The molecular formula is C21H23N3O3. The maximum Gasteiger partial charge on any atom is 0.253 e. The van der Waals surface area contributed by atoms with E-state index in [1.165, 1.54) is 0 Å². The Hall–Kier alpha value is -2.73. The van der Waals surface area contributed by atoms with Gasteiger partial charge in [0.15, 0.2) is 0 Å². The summed E-state index contributed by atoms with van der Waals surface area (Å²) in [6.45, 7) is 2.92. The van der Waals surface area contributed by atoms with Crippen LogP contribution in [0.25, 0.3) is 11.1 Å². The van der Waals surface area contributed by atoms with Crippen molar-refractivity contribution in [3.8, 4) is 11.1 Å². The third-order valence-corrected chi connectivity index (χ3v) is 5.21. The first-order valence-corrected chi connectivity index (χ1v) is 9.42. The van der Waals surface area contributed by atoms with Crippen LogP contribution in [-0.2, 0) is 9.53 Å². The number of piperazine rings is 1. The minimum absolute atomic E-state index is 0.0111. The molecular weight excluding hydrogens is 342 g/mol. The smallest absolute Gasteiger partial charge is 0.253 e. The summed E-state index contributed by atoms with van der Waals surface area (Å²) in [7, 11) is 0. The number of carbonyl (C=O) groups is 2. The molecule has 0 unspecified atom stereocenters. The van der Waals surface area contributed by atoms with Crippen molar-refractivity contribution in [2.45, 2.75) is 18.9 Å². The highest BCUT2D eigenvalue weighted by Crippen LogP contribution is 2.20. The van der Waals surface area contributed by atoms with Crippen LogP contribution in [0.2, 0.25) is 0 Å². The molecule has 27 heavy (non-hydrogen) atoms. The van der Waals surface area contributed by atoms with Gasteiger partial charge in [0.2, 0.25) is 0 Å². The van der Waals surface area contributed by atoms with Crippen LogP contribution in [0.5, 0.6) is 0 Å². The number of aromatic nitrogens is 1. The number of nitrogens with zero attached hydrogens (tertiary/aromatic N) is 3. The lowest BCUT2D eigenvalue weighted by atomic mass is 10.0. The molecule has 140 valence electrons. The Bertz CT molecular complexity index is 793. The zero-order valence-electron chi connectivity index (χ0n) is 15.2. The zero-order chi connectivity index (χ0) is 18.6. The second-order valence-electron chi connectivity index (χ2n) is 6.94. The summed E-state index contributed by atoms with van der Waals surface area (Å²) >= 11 is 0. The SMILES string of the molecule is O=C(c1ccc(-c2cccnc2)cc1)N1CCN(C(=O)[C@@H]2CCCO2)CC1. The van der Waals surface area contributed by atoms with E-state index in [9.17, 15) is 9.59 Å². The van der Waals surface area contributed by atoms with Crippen LogP contribution in [0.15, 0.2) is 48.8 Å². The number of hydrogen-bond acceptors (Lipinski definition) is 4. The molecule has 2 fully saturated rings. The fraction of sp³-hybridized carbons (Fsp3) is 0.381. The molecule has 6 nitrogen and oxygen atoms in total. The van der Waals surface area contributed by atoms with Gasteiger partial charge in [-0.1, -0.05) is 18.2 Å². The highest BCUT2D eigenvalue weighted by atomic mass is 16.5. The van der Waals surface area contributed by atoms with E-state index in [-0.39, 0.29) is 17.9 Å². The first kappa shape index (κ1) is 17.7. The lowest BCUT2D eigenvalue weighted by Gasteiger charge is -2.35. The van der Waals surface area contributed by atoms with E-state index >= 15 is 0 Å². The molecule has 0 aliphatic carbocycles. The zero-order valence-corrected chi connectivity index (χ0v) is 15.2. The minimum atomic E-state index is -0.285. The topological polar surface area (TPSA) is 62.7 Å². The second-order valence-corrected chi connectivity index (χ2v) is 6.94. The van der Waals surface area contributed by atoms with Crippen LogP contribution in [0.3, 0.4) is 0 Å². The average molecular weight is 365 g/mol. The van der Waals surface area contributed by atoms with Gasteiger partial charge in [0.1, 0.15) is 6.10 Å². The summed E-state index contributed by atoms with van der Waals surface area (Å²) in [5.41, 5.74) is 2.73. The lowest BCUT2D eigenvalue weighted by molar-refractivity contribution is -0.142. The number of amides is 2. The van der Waals surface area contributed by atoms with Crippen LogP contribution in [0, 0.1) is 0 Å². The molecule has 2 aromatic rings. The van der Waals surface area contributed by atoms with Crippen molar-refractivity contribution in [3.63, 3.8) is 0 Å². The Morgan fingerprint density at radius 3 is 2.33 bits per heavy atom. The first-order valence-electron chi connectivity index (χ1n) is 9.42. The Labute approximate surface area is 158 Å². The molecule has 2 saturated heterocycles. The number of hydrogen-bond donors (Lipinski definition) is 0.